The van der Waals surface area contributed by atoms with Crippen molar-refractivity contribution in [1.82, 2.24) is 10.2 Å². The quantitative estimate of drug-likeness (QED) is 0.753. The SMILES string of the molecule is CCC(=O)NC[C@@H]1CN(CCCC(C)C)CCO1. The number of nitrogens with zero attached hydrogens (tertiary/aromatic N) is 1. The summed E-state index contributed by atoms with van der Waals surface area (Å²) >= 11 is 0. The van der Waals surface area contributed by atoms with E-state index in [0.717, 1.165) is 32.2 Å². The van der Waals surface area contributed by atoms with Gasteiger partial charge in [-0.3, -0.25) is 9.69 Å². The van der Waals surface area contributed by atoms with Gasteiger partial charge in [0.1, 0.15) is 0 Å². The Labute approximate surface area is 111 Å². The maximum Gasteiger partial charge on any atom is 0.219 e. The molecule has 1 amide bonds. The molecule has 0 aromatic carbocycles. The van der Waals surface area contributed by atoms with Crippen molar-refractivity contribution in [3.63, 3.8) is 0 Å². The Balaban J connectivity index is 2.17. The molecule has 0 aliphatic carbocycles. The number of carbonyl (C=O) groups excluding carboxylic acids is 1. The second-order valence-electron chi connectivity index (χ2n) is 5.49. The largest absolute Gasteiger partial charge is 0.374 e. The van der Waals surface area contributed by atoms with Crippen molar-refractivity contribution in [2.45, 2.75) is 46.1 Å². The molecule has 1 saturated heterocycles. The number of amides is 1. The van der Waals surface area contributed by atoms with Crippen LogP contribution in [0.2, 0.25) is 0 Å². The molecule has 0 unspecified atom stereocenters. The van der Waals surface area contributed by atoms with E-state index in [9.17, 15) is 4.79 Å². The van der Waals surface area contributed by atoms with Gasteiger partial charge in [0.2, 0.25) is 5.91 Å². The van der Waals surface area contributed by atoms with E-state index in [1.54, 1.807) is 0 Å². The highest BCUT2D eigenvalue weighted by atomic mass is 16.5. The molecular weight excluding hydrogens is 228 g/mol. The van der Waals surface area contributed by atoms with Gasteiger partial charge in [-0.2, -0.15) is 0 Å². The smallest absolute Gasteiger partial charge is 0.219 e. The fourth-order valence-corrected chi connectivity index (χ4v) is 2.18. The maximum absolute atomic E-state index is 11.2. The first-order valence-corrected chi connectivity index (χ1v) is 7.22. The molecule has 0 saturated carbocycles. The van der Waals surface area contributed by atoms with Crippen LogP contribution in [0.4, 0.5) is 0 Å². The Morgan fingerprint density at radius 1 is 1.50 bits per heavy atom. The average molecular weight is 256 g/mol. The fraction of sp³-hybridized carbons (Fsp3) is 0.929. The van der Waals surface area contributed by atoms with Crippen molar-refractivity contribution in [2.24, 2.45) is 5.92 Å². The summed E-state index contributed by atoms with van der Waals surface area (Å²) in [6, 6.07) is 0. The second-order valence-corrected chi connectivity index (χ2v) is 5.49. The number of hydrogen-bond donors (Lipinski definition) is 1. The molecule has 0 aromatic heterocycles. The molecule has 4 heteroatoms. The van der Waals surface area contributed by atoms with Gasteiger partial charge in [-0.25, -0.2) is 0 Å². The molecule has 0 radical (unpaired) electrons. The molecule has 4 nitrogen and oxygen atoms in total. The standard InChI is InChI=1S/C14H28N2O2/c1-4-14(17)15-10-13-11-16(8-9-18-13)7-5-6-12(2)3/h12-13H,4-11H2,1-3H3,(H,15,17)/t13-/m1/s1. The van der Waals surface area contributed by atoms with E-state index >= 15 is 0 Å². The zero-order valence-corrected chi connectivity index (χ0v) is 12.1. The van der Waals surface area contributed by atoms with Gasteiger partial charge < -0.3 is 10.1 Å². The third-order valence-electron chi connectivity index (χ3n) is 3.33. The molecule has 1 aliphatic rings. The molecule has 0 spiro atoms. The second kappa shape index (κ2) is 8.48. The summed E-state index contributed by atoms with van der Waals surface area (Å²) in [7, 11) is 0. The van der Waals surface area contributed by atoms with Gasteiger partial charge in [-0.15, -0.1) is 0 Å². The number of nitrogens with one attached hydrogen (secondary N) is 1. The minimum absolute atomic E-state index is 0.107. The van der Waals surface area contributed by atoms with Crippen molar-refractivity contribution in [3.05, 3.63) is 0 Å². The van der Waals surface area contributed by atoms with Crippen molar-refractivity contribution in [2.75, 3.05) is 32.8 Å². The molecular formula is C14H28N2O2. The van der Waals surface area contributed by atoms with E-state index in [0.29, 0.717) is 13.0 Å². The Morgan fingerprint density at radius 2 is 2.28 bits per heavy atom. The van der Waals surface area contributed by atoms with Gasteiger partial charge in [-0.05, 0) is 25.3 Å². The molecule has 18 heavy (non-hydrogen) atoms. The lowest BCUT2D eigenvalue weighted by Gasteiger charge is -2.33. The molecule has 1 aliphatic heterocycles. The molecule has 1 rings (SSSR count). The van der Waals surface area contributed by atoms with E-state index in [4.69, 9.17) is 4.74 Å². The first-order chi connectivity index (χ1) is 8.61. The van der Waals surface area contributed by atoms with Crippen LogP contribution in [0.5, 0.6) is 0 Å². The first kappa shape index (κ1) is 15.4. The van der Waals surface area contributed by atoms with Crippen LogP contribution in [0.1, 0.15) is 40.0 Å². The minimum Gasteiger partial charge on any atom is -0.374 e. The Hall–Kier alpha value is -0.610. The Kier molecular flexibility index (Phi) is 7.28. The van der Waals surface area contributed by atoms with Crippen molar-refractivity contribution in [3.8, 4) is 0 Å². The lowest BCUT2D eigenvalue weighted by molar-refractivity contribution is -0.122. The molecule has 0 aromatic rings. The fourth-order valence-electron chi connectivity index (χ4n) is 2.18. The van der Waals surface area contributed by atoms with Crippen LogP contribution >= 0.6 is 0 Å². The van der Waals surface area contributed by atoms with E-state index in [1.165, 1.54) is 12.8 Å². The predicted octanol–water partition coefficient (Wildman–Crippen LogP) is 1.65. The molecule has 1 heterocycles. The van der Waals surface area contributed by atoms with Crippen LogP contribution in [-0.4, -0.2) is 49.7 Å². The molecule has 1 fully saturated rings. The Bertz CT molecular complexity index is 244. The van der Waals surface area contributed by atoms with E-state index in [1.807, 2.05) is 6.92 Å². The van der Waals surface area contributed by atoms with Crippen molar-refractivity contribution < 1.29 is 9.53 Å². The van der Waals surface area contributed by atoms with E-state index < -0.39 is 0 Å². The Morgan fingerprint density at radius 3 is 2.94 bits per heavy atom. The summed E-state index contributed by atoms with van der Waals surface area (Å²) in [5, 5.41) is 2.91. The zero-order chi connectivity index (χ0) is 13.4. The van der Waals surface area contributed by atoms with Crippen molar-refractivity contribution >= 4 is 5.91 Å². The summed E-state index contributed by atoms with van der Waals surface area (Å²) in [4.78, 5) is 13.7. The summed E-state index contributed by atoms with van der Waals surface area (Å²) in [5.41, 5.74) is 0. The number of morpholine rings is 1. The van der Waals surface area contributed by atoms with Gasteiger partial charge in [0, 0.05) is 26.1 Å². The highest BCUT2D eigenvalue weighted by Gasteiger charge is 2.20. The average Bonchev–Trinajstić information content (AvgIpc) is 2.36. The van der Waals surface area contributed by atoms with Gasteiger partial charge in [0.25, 0.3) is 0 Å². The summed E-state index contributed by atoms with van der Waals surface area (Å²) in [5.74, 6) is 0.890. The minimum atomic E-state index is 0.107. The predicted molar refractivity (Wildman–Crippen MR) is 73.6 cm³/mol. The summed E-state index contributed by atoms with van der Waals surface area (Å²) in [6.07, 6.45) is 3.25. The topological polar surface area (TPSA) is 41.6 Å². The van der Waals surface area contributed by atoms with E-state index in [2.05, 4.69) is 24.1 Å². The summed E-state index contributed by atoms with van der Waals surface area (Å²) in [6.45, 7) is 11.0. The number of ether oxygens (including phenoxy) is 1. The molecule has 1 N–H and O–H groups in total. The van der Waals surface area contributed by atoms with Crippen LogP contribution in [0.3, 0.4) is 0 Å². The van der Waals surface area contributed by atoms with Crippen LogP contribution < -0.4 is 5.32 Å². The van der Waals surface area contributed by atoms with Crippen LogP contribution in [0.15, 0.2) is 0 Å². The van der Waals surface area contributed by atoms with Crippen LogP contribution in [0.25, 0.3) is 0 Å². The third kappa shape index (κ3) is 6.36. The summed E-state index contributed by atoms with van der Waals surface area (Å²) < 4.78 is 5.67. The molecule has 0 bridgehead atoms. The number of carbonyl (C=O) groups is 1. The normalized spacial score (nSPS) is 21.2. The van der Waals surface area contributed by atoms with Crippen molar-refractivity contribution in [1.29, 1.82) is 0 Å². The number of rotatable bonds is 7. The molecule has 106 valence electrons. The van der Waals surface area contributed by atoms with Gasteiger partial charge >= 0.3 is 0 Å². The number of hydrogen-bond acceptors (Lipinski definition) is 3. The highest BCUT2D eigenvalue weighted by Crippen LogP contribution is 2.09. The first-order valence-electron chi connectivity index (χ1n) is 7.22. The third-order valence-corrected chi connectivity index (χ3v) is 3.33. The van der Waals surface area contributed by atoms with Crippen LogP contribution in [0, 0.1) is 5.92 Å². The monoisotopic (exact) mass is 256 g/mol. The van der Waals surface area contributed by atoms with Gasteiger partial charge in [0.15, 0.2) is 0 Å². The highest BCUT2D eigenvalue weighted by molar-refractivity contribution is 5.75. The van der Waals surface area contributed by atoms with Gasteiger partial charge in [-0.1, -0.05) is 20.8 Å². The van der Waals surface area contributed by atoms with Gasteiger partial charge in [0.05, 0.1) is 12.7 Å². The zero-order valence-electron chi connectivity index (χ0n) is 12.1. The lowest BCUT2D eigenvalue weighted by Crippen LogP contribution is -2.47. The lowest BCUT2D eigenvalue weighted by atomic mass is 10.1. The van der Waals surface area contributed by atoms with Crippen LogP contribution in [-0.2, 0) is 9.53 Å². The molecule has 1 atom stereocenters. The maximum atomic E-state index is 11.2. The van der Waals surface area contributed by atoms with E-state index in [-0.39, 0.29) is 12.0 Å².